The molecule has 7 N–H and O–H groups in total. The maximum atomic E-state index is 12.9. The van der Waals surface area contributed by atoms with Gasteiger partial charge in [-0.25, -0.2) is 9.97 Å². The molecule has 1 saturated heterocycles. The second-order valence-corrected chi connectivity index (χ2v) is 9.57. The van der Waals surface area contributed by atoms with Gasteiger partial charge in [-0.05, 0) is 26.0 Å². The molecular formula is C18H22N8O8S2. The molecule has 1 aliphatic rings. The predicted molar refractivity (Wildman–Crippen MR) is 125 cm³/mol. The summed E-state index contributed by atoms with van der Waals surface area (Å²) in [6, 6.07) is 1.87. The molecule has 1 unspecified atom stereocenters. The molecule has 18 heteroatoms. The number of nitrogens with two attached hydrogens (primary N) is 2. The van der Waals surface area contributed by atoms with E-state index in [0.717, 1.165) is 11.3 Å². The minimum absolute atomic E-state index is 0.0226. The first-order valence-electron chi connectivity index (χ1n) is 9.96. The van der Waals surface area contributed by atoms with Crippen LogP contribution in [0.5, 0.6) is 5.75 Å². The molecule has 0 bridgehead atoms. The molecule has 3 heterocycles. The first kappa shape index (κ1) is 26.7. The number of nitrogens with zero attached hydrogens (tertiary/aromatic N) is 4. The second-order valence-electron chi connectivity index (χ2n) is 7.68. The predicted octanol–water partition coefficient (Wildman–Crippen LogP) is -0.956. The van der Waals surface area contributed by atoms with E-state index in [9.17, 15) is 18.0 Å². The van der Waals surface area contributed by atoms with Gasteiger partial charge in [0, 0.05) is 5.38 Å². The lowest BCUT2D eigenvalue weighted by atomic mass is 9.84. The Balaban J connectivity index is 1.64. The number of pyridine rings is 1. The first-order valence-corrected chi connectivity index (χ1v) is 12.2. The quantitative estimate of drug-likeness (QED) is 0.0575. The Morgan fingerprint density at radius 3 is 2.61 bits per heavy atom. The number of hydrogen-bond acceptors (Lipinski definition) is 13. The van der Waals surface area contributed by atoms with Crippen LogP contribution < -0.4 is 21.5 Å². The zero-order valence-corrected chi connectivity index (χ0v) is 20.5. The molecule has 0 radical (unpaired) electrons. The van der Waals surface area contributed by atoms with Crippen molar-refractivity contribution in [1.29, 1.82) is 5.41 Å². The SMILES string of the molecule is CC1(C)C(NC(=O)C(=NOCCOc2ccc(C(=N)N)nc2)c2csc(N)n2)C(=O)N1OS(=O)(=O)O. The number of ether oxygens (including phenoxy) is 1. The molecule has 3 rings (SSSR count). The van der Waals surface area contributed by atoms with Crippen LogP contribution in [-0.2, 0) is 29.1 Å². The van der Waals surface area contributed by atoms with E-state index >= 15 is 0 Å². The summed E-state index contributed by atoms with van der Waals surface area (Å²) in [4.78, 5) is 38.4. The van der Waals surface area contributed by atoms with Gasteiger partial charge in [0.25, 0.3) is 11.8 Å². The summed E-state index contributed by atoms with van der Waals surface area (Å²) in [6.07, 6.45) is 1.38. The van der Waals surface area contributed by atoms with Crippen LogP contribution in [0.25, 0.3) is 0 Å². The van der Waals surface area contributed by atoms with Crippen molar-refractivity contribution in [2.75, 3.05) is 18.9 Å². The van der Waals surface area contributed by atoms with Crippen LogP contribution in [0.1, 0.15) is 25.2 Å². The summed E-state index contributed by atoms with van der Waals surface area (Å²) in [5, 5.41) is 15.6. The fraction of sp³-hybridized carbons (Fsp3) is 0.333. The first-order chi connectivity index (χ1) is 16.8. The van der Waals surface area contributed by atoms with Crippen molar-refractivity contribution in [1.82, 2.24) is 20.3 Å². The highest BCUT2D eigenvalue weighted by Crippen LogP contribution is 2.32. The lowest BCUT2D eigenvalue weighted by molar-refractivity contribution is -0.218. The van der Waals surface area contributed by atoms with E-state index in [0.29, 0.717) is 16.5 Å². The number of nitrogens with one attached hydrogen (secondary N) is 2. The second kappa shape index (κ2) is 10.4. The average molecular weight is 543 g/mol. The number of carbonyl (C=O) groups excluding carboxylic acids is 2. The molecule has 0 spiro atoms. The third-order valence-corrected chi connectivity index (χ3v) is 5.72. The number of anilines is 1. The van der Waals surface area contributed by atoms with Crippen molar-refractivity contribution in [3.8, 4) is 5.75 Å². The monoisotopic (exact) mass is 542 g/mol. The molecule has 36 heavy (non-hydrogen) atoms. The fourth-order valence-electron chi connectivity index (χ4n) is 2.95. The van der Waals surface area contributed by atoms with Gasteiger partial charge in [-0.3, -0.25) is 19.6 Å². The van der Waals surface area contributed by atoms with Crippen molar-refractivity contribution < 1.29 is 36.4 Å². The van der Waals surface area contributed by atoms with Gasteiger partial charge >= 0.3 is 10.4 Å². The number of nitrogen functional groups attached to an aromatic ring is 2. The van der Waals surface area contributed by atoms with Gasteiger partial charge in [-0.1, -0.05) is 5.16 Å². The lowest BCUT2D eigenvalue weighted by Crippen LogP contribution is -2.76. The Hall–Kier alpha value is -3.87. The number of hydroxylamine groups is 2. The van der Waals surface area contributed by atoms with Crippen LogP contribution in [0.2, 0.25) is 0 Å². The maximum absolute atomic E-state index is 12.9. The van der Waals surface area contributed by atoms with Gasteiger partial charge < -0.3 is 26.4 Å². The molecule has 0 aliphatic carbocycles. The van der Waals surface area contributed by atoms with Gasteiger partial charge in [-0.15, -0.1) is 15.6 Å². The number of β-lactam (4-membered cyclic amide) rings is 1. The van der Waals surface area contributed by atoms with Crippen LogP contribution in [0.4, 0.5) is 5.13 Å². The third kappa shape index (κ3) is 6.22. The lowest BCUT2D eigenvalue weighted by Gasteiger charge is -2.50. The fourth-order valence-corrected chi connectivity index (χ4v) is 3.95. The van der Waals surface area contributed by atoms with Crippen LogP contribution in [0.3, 0.4) is 0 Å². The average Bonchev–Trinajstić information content (AvgIpc) is 3.23. The minimum atomic E-state index is -4.94. The van der Waals surface area contributed by atoms with E-state index in [1.54, 1.807) is 6.07 Å². The summed E-state index contributed by atoms with van der Waals surface area (Å²) in [5.41, 5.74) is 9.73. The molecule has 2 aromatic rings. The Labute approximate surface area is 208 Å². The Bertz CT molecular complexity index is 1290. The van der Waals surface area contributed by atoms with E-state index in [2.05, 4.69) is 24.7 Å². The zero-order valence-electron chi connectivity index (χ0n) is 18.9. The Kier molecular flexibility index (Phi) is 7.72. The van der Waals surface area contributed by atoms with Gasteiger partial charge in [0.2, 0.25) is 0 Å². The Morgan fingerprint density at radius 1 is 1.36 bits per heavy atom. The number of amides is 2. The molecule has 194 valence electrons. The van der Waals surface area contributed by atoms with Crippen LogP contribution in [0.15, 0.2) is 28.9 Å². The van der Waals surface area contributed by atoms with Crippen LogP contribution in [0, 0.1) is 5.41 Å². The van der Waals surface area contributed by atoms with E-state index in [1.165, 1.54) is 31.5 Å². The highest BCUT2D eigenvalue weighted by atomic mass is 32.3. The van der Waals surface area contributed by atoms with E-state index in [1.807, 2.05) is 0 Å². The number of amidine groups is 1. The summed E-state index contributed by atoms with van der Waals surface area (Å²) in [5.74, 6) is -1.57. The van der Waals surface area contributed by atoms with Crippen molar-refractivity contribution in [2.45, 2.75) is 25.4 Å². The molecule has 2 aromatic heterocycles. The zero-order chi connectivity index (χ0) is 26.7. The molecule has 0 aromatic carbocycles. The molecular weight excluding hydrogens is 520 g/mol. The topological polar surface area (TPSA) is 246 Å². The minimum Gasteiger partial charge on any atom is -0.488 e. The number of thiazole rings is 1. The third-order valence-electron chi connectivity index (χ3n) is 4.71. The van der Waals surface area contributed by atoms with E-state index in [-0.39, 0.29) is 35.6 Å². The Morgan fingerprint density at radius 2 is 2.08 bits per heavy atom. The number of carbonyl (C=O) groups is 2. The number of rotatable bonds is 11. The van der Waals surface area contributed by atoms with E-state index < -0.39 is 33.8 Å². The number of aromatic nitrogens is 2. The van der Waals surface area contributed by atoms with Gasteiger partial charge in [0.1, 0.15) is 35.6 Å². The largest absolute Gasteiger partial charge is 0.488 e. The summed E-state index contributed by atoms with van der Waals surface area (Å²) in [7, 11) is -4.94. The van der Waals surface area contributed by atoms with Crippen molar-refractivity contribution in [3.05, 3.63) is 35.1 Å². The standard InChI is InChI=1S/C18H22N8O8S2/c1-18(2)13(16(28)26(18)34-36(29,30)31)24-15(27)12(11-8-35-17(21)23-11)25-33-6-5-32-9-3-4-10(14(19)20)22-7-9/h3-4,7-8,13H,5-6H2,1-2H3,(H3,19,20)(H2,21,23)(H,24,27)(H,29,30,31). The number of oxime groups is 1. The summed E-state index contributed by atoms with van der Waals surface area (Å²) < 4.78 is 40.5. The van der Waals surface area contributed by atoms with Gasteiger partial charge in [-0.2, -0.15) is 13.5 Å². The molecule has 16 nitrogen and oxygen atoms in total. The van der Waals surface area contributed by atoms with E-state index in [4.69, 9.17) is 31.0 Å². The highest BCUT2D eigenvalue weighted by Gasteiger charge is 2.58. The number of hydrogen-bond donors (Lipinski definition) is 5. The molecule has 1 atom stereocenters. The maximum Gasteiger partial charge on any atom is 0.418 e. The normalized spacial score (nSPS) is 17.3. The summed E-state index contributed by atoms with van der Waals surface area (Å²) >= 11 is 1.04. The highest BCUT2D eigenvalue weighted by molar-refractivity contribution is 7.80. The van der Waals surface area contributed by atoms with Gasteiger partial charge in [0.15, 0.2) is 17.5 Å². The smallest absolute Gasteiger partial charge is 0.418 e. The summed E-state index contributed by atoms with van der Waals surface area (Å²) in [6.45, 7) is 2.76. The molecule has 0 saturated carbocycles. The van der Waals surface area contributed by atoms with Crippen LogP contribution >= 0.6 is 11.3 Å². The van der Waals surface area contributed by atoms with Crippen molar-refractivity contribution in [2.24, 2.45) is 10.9 Å². The van der Waals surface area contributed by atoms with Crippen molar-refractivity contribution >= 4 is 50.2 Å². The van der Waals surface area contributed by atoms with Gasteiger partial charge in [0.05, 0.1) is 11.7 Å². The molecule has 1 aliphatic heterocycles. The molecule has 1 fully saturated rings. The molecule has 2 amide bonds. The van der Waals surface area contributed by atoms with Crippen molar-refractivity contribution in [3.63, 3.8) is 0 Å². The van der Waals surface area contributed by atoms with Crippen LogP contribution in [-0.4, -0.2) is 76.2 Å².